The van der Waals surface area contributed by atoms with Crippen LogP contribution < -0.4 is 14.8 Å². The maximum atomic E-state index is 8.99. The number of nitrogens with one attached hydrogen (secondary N) is 1. The maximum Gasteiger partial charge on any atom is 0.166 e. The van der Waals surface area contributed by atoms with Crippen molar-refractivity contribution < 1.29 is 9.47 Å². The van der Waals surface area contributed by atoms with E-state index in [1.165, 1.54) is 0 Å². The number of rotatable bonds is 3. The number of halogens is 1. The lowest BCUT2D eigenvalue weighted by Gasteiger charge is -2.21. The molecule has 0 fully saturated rings. The van der Waals surface area contributed by atoms with Crippen LogP contribution in [0, 0.1) is 11.3 Å². The third-order valence-corrected chi connectivity index (χ3v) is 3.55. The Morgan fingerprint density at radius 3 is 2.90 bits per heavy atom. The Balaban J connectivity index is 1.78. The Bertz CT molecular complexity index is 710. The average Bonchev–Trinajstić information content (AvgIpc) is 2.54. The van der Waals surface area contributed by atoms with Crippen molar-refractivity contribution in [3.05, 3.63) is 52.5 Å². The predicted octanol–water partition coefficient (Wildman–Crippen LogP) is 3.59. The third-order valence-electron chi connectivity index (χ3n) is 3.22. The standard InChI is InChI=1S/C16H13ClN2O2/c17-14-5-4-13(8-12(14)9-18)19-10-11-2-1-3-15-16(11)21-7-6-20-15/h1-5,8,19H,6-7,10H2. The van der Waals surface area contributed by atoms with Crippen LogP contribution in [0.5, 0.6) is 11.5 Å². The molecular weight excluding hydrogens is 288 g/mol. The van der Waals surface area contributed by atoms with E-state index in [4.69, 9.17) is 26.3 Å². The van der Waals surface area contributed by atoms with Gasteiger partial charge in [-0.3, -0.25) is 0 Å². The van der Waals surface area contributed by atoms with E-state index < -0.39 is 0 Å². The molecule has 0 radical (unpaired) electrons. The Morgan fingerprint density at radius 1 is 1.19 bits per heavy atom. The van der Waals surface area contributed by atoms with Gasteiger partial charge in [-0.15, -0.1) is 0 Å². The molecule has 0 spiro atoms. The van der Waals surface area contributed by atoms with Gasteiger partial charge in [-0.05, 0) is 24.3 Å². The Kier molecular flexibility index (Phi) is 3.85. The van der Waals surface area contributed by atoms with E-state index in [9.17, 15) is 0 Å². The van der Waals surface area contributed by atoms with E-state index in [0.29, 0.717) is 30.3 Å². The summed E-state index contributed by atoms with van der Waals surface area (Å²) in [6.45, 7) is 1.72. The van der Waals surface area contributed by atoms with Crippen LogP contribution in [0.3, 0.4) is 0 Å². The topological polar surface area (TPSA) is 54.3 Å². The first-order chi connectivity index (χ1) is 10.3. The van der Waals surface area contributed by atoms with Gasteiger partial charge in [0.15, 0.2) is 11.5 Å². The van der Waals surface area contributed by atoms with Gasteiger partial charge in [-0.25, -0.2) is 0 Å². The fourth-order valence-corrected chi connectivity index (χ4v) is 2.35. The normalized spacial score (nSPS) is 12.6. The van der Waals surface area contributed by atoms with E-state index >= 15 is 0 Å². The molecule has 4 nitrogen and oxygen atoms in total. The van der Waals surface area contributed by atoms with Crippen LogP contribution in [0.15, 0.2) is 36.4 Å². The van der Waals surface area contributed by atoms with E-state index in [-0.39, 0.29) is 0 Å². The first kappa shape index (κ1) is 13.6. The van der Waals surface area contributed by atoms with E-state index in [1.807, 2.05) is 24.3 Å². The second-order valence-electron chi connectivity index (χ2n) is 4.60. The lowest BCUT2D eigenvalue weighted by atomic mass is 10.1. The number of nitriles is 1. The molecule has 0 saturated carbocycles. The fraction of sp³-hybridized carbons (Fsp3) is 0.188. The molecule has 1 aliphatic heterocycles. The molecule has 2 aromatic rings. The molecule has 3 rings (SSSR count). The largest absolute Gasteiger partial charge is 0.486 e. The summed E-state index contributed by atoms with van der Waals surface area (Å²) in [6.07, 6.45) is 0. The van der Waals surface area contributed by atoms with E-state index in [1.54, 1.807) is 12.1 Å². The van der Waals surface area contributed by atoms with Crippen molar-refractivity contribution in [2.24, 2.45) is 0 Å². The predicted molar refractivity (Wildman–Crippen MR) is 80.9 cm³/mol. The van der Waals surface area contributed by atoms with Gasteiger partial charge in [0.05, 0.1) is 10.6 Å². The van der Waals surface area contributed by atoms with Crippen LogP contribution in [-0.2, 0) is 6.54 Å². The van der Waals surface area contributed by atoms with Gasteiger partial charge in [0, 0.05) is 17.8 Å². The zero-order valence-electron chi connectivity index (χ0n) is 11.2. The van der Waals surface area contributed by atoms with Gasteiger partial charge >= 0.3 is 0 Å². The van der Waals surface area contributed by atoms with Gasteiger partial charge in [-0.2, -0.15) is 5.26 Å². The fourth-order valence-electron chi connectivity index (χ4n) is 2.19. The molecule has 0 atom stereocenters. The molecule has 0 amide bonds. The van der Waals surface area contributed by atoms with Gasteiger partial charge < -0.3 is 14.8 Å². The van der Waals surface area contributed by atoms with Crippen molar-refractivity contribution in [3.63, 3.8) is 0 Å². The zero-order chi connectivity index (χ0) is 14.7. The number of anilines is 1. The smallest absolute Gasteiger partial charge is 0.166 e. The Morgan fingerprint density at radius 2 is 2.05 bits per heavy atom. The molecular formula is C16H13ClN2O2. The number of benzene rings is 2. The minimum absolute atomic E-state index is 0.455. The van der Waals surface area contributed by atoms with Crippen LogP contribution >= 0.6 is 11.6 Å². The second kappa shape index (κ2) is 5.94. The molecule has 0 saturated heterocycles. The summed E-state index contributed by atoms with van der Waals surface area (Å²) in [4.78, 5) is 0. The molecule has 1 N–H and O–H groups in total. The van der Waals surface area contributed by atoms with Gasteiger partial charge in [0.2, 0.25) is 0 Å². The molecule has 1 aliphatic rings. The molecule has 0 aliphatic carbocycles. The highest BCUT2D eigenvalue weighted by Crippen LogP contribution is 2.34. The number of para-hydroxylation sites is 1. The minimum Gasteiger partial charge on any atom is -0.486 e. The SMILES string of the molecule is N#Cc1cc(NCc2cccc3c2OCCO3)ccc1Cl. The van der Waals surface area contributed by atoms with Crippen molar-refractivity contribution in [1.29, 1.82) is 5.26 Å². The molecule has 106 valence electrons. The zero-order valence-corrected chi connectivity index (χ0v) is 12.0. The van der Waals surface area contributed by atoms with Crippen molar-refractivity contribution in [2.75, 3.05) is 18.5 Å². The van der Waals surface area contributed by atoms with Gasteiger partial charge in [0.1, 0.15) is 19.3 Å². The average molecular weight is 301 g/mol. The molecule has 2 aromatic carbocycles. The number of nitrogens with zero attached hydrogens (tertiary/aromatic N) is 1. The second-order valence-corrected chi connectivity index (χ2v) is 5.01. The van der Waals surface area contributed by atoms with Crippen LogP contribution in [0.25, 0.3) is 0 Å². The van der Waals surface area contributed by atoms with E-state index in [0.717, 1.165) is 22.7 Å². The molecule has 1 heterocycles. The van der Waals surface area contributed by atoms with Crippen LogP contribution in [0.2, 0.25) is 5.02 Å². The van der Waals surface area contributed by atoms with Crippen LogP contribution in [-0.4, -0.2) is 13.2 Å². The summed E-state index contributed by atoms with van der Waals surface area (Å²) in [7, 11) is 0. The minimum atomic E-state index is 0.455. The monoisotopic (exact) mass is 300 g/mol. The van der Waals surface area contributed by atoms with Crippen molar-refractivity contribution in [3.8, 4) is 17.6 Å². The van der Waals surface area contributed by atoms with Crippen molar-refractivity contribution in [1.82, 2.24) is 0 Å². The highest BCUT2D eigenvalue weighted by atomic mass is 35.5. The Labute approximate surface area is 127 Å². The number of hydrogen-bond acceptors (Lipinski definition) is 4. The lowest BCUT2D eigenvalue weighted by molar-refractivity contribution is 0.170. The highest BCUT2D eigenvalue weighted by Gasteiger charge is 2.15. The Hall–Kier alpha value is -2.38. The highest BCUT2D eigenvalue weighted by molar-refractivity contribution is 6.31. The molecule has 0 aromatic heterocycles. The lowest BCUT2D eigenvalue weighted by Crippen LogP contribution is -2.17. The quantitative estimate of drug-likeness (QED) is 0.941. The van der Waals surface area contributed by atoms with Gasteiger partial charge in [-0.1, -0.05) is 23.7 Å². The molecule has 0 unspecified atom stereocenters. The first-order valence-corrected chi connectivity index (χ1v) is 6.97. The number of ether oxygens (including phenoxy) is 2. The van der Waals surface area contributed by atoms with Crippen molar-refractivity contribution >= 4 is 17.3 Å². The van der Waals surface area contributed by atoms with Crippen LogP contribution in [0.4, 0.5) is 5.69 Å². The molecule has 0 bridgehead atoms. The summed E-state index contributed by atoms with van der Waals surface area (Å²) < 4.78 is 11.2. The molecule has 21 heavy (non-hydrogen) atoms. The van der Waals surface area contributed by atoms with Crippen molar-refractivity contribution in [2.45, 2.75) is 6.54 Å². The maximum absolute atomic E-state index is 8.99. The van der Waals surface area contributed by atoms with Gasteiger partial charge in [0.25, 0.3) is 0 Å². The number of fused-ring (bicyclic) bond motifs is 1. The summed E-state index contributed by atoms with van der Waals surface area (Å²) in [5.41, 5.74) is 2.31. The number of hydrogen-bond donors (Lipinski definition) is 1. The van der Waals surface area contributed by atoms with E-state index in [2.05, 4.69) is 11.4 Å². The summed E-state index contributed by atoms with van der Waals surface area (Å²) >= 11 is 5.92. The summed E-state index contributed by atoms with van der Waals surface area (Å²) in [6, 6.07) is 13.2. The summed E-state index contributed by atoms with van der Waals surface area (Å²) in [5.74, 6) is 1.56. The summed E-state index contributed by atoms with van der Waals surface area (Å²) in [5, 5.41) is 12.7. The first-order valence-electron chi connectivity index (χ1n) is 6.59. The third kappa shape index (κ3) is 2.88. The molecule has 5 heteroatoms. The van der Waals surface area contributed by atoms with Crippen LogP contribution in [0.1, 0.15) is 11.1 Å².